The molecule has 3 nitrogen and oxygen atoms in total. The molecule has 1 aliphatic rings. The zero-order valence-corrected chi connectivity index (χ0v) is 10.7. The second-order valence-corrected chi connectivity index (χ2v) is 5.18. The molecule has 1 saturated heterocycles. The number of benzene rings is 1. The van der Waals surface area contributed by atoms with Crippen molar-refractivity contribution in [2.75, 3.05) is 13.1 Å². The number of halogens is 2. The number of hydrogen-bond donors (Lipinski definition) is 1. The van der Waals surface area contributed by atoms with Crippen LogP contribution in [-0.2, 0) is 0 Å². The maximum Gasteiger partial charge on any atom is 0.253 e. The van der Waals surface area contributed by atoms with Gasteiger partial charge in [-0.2, -0.15) is 0 Å². The van der Waals surface area contributed by atoms with Crippen LogP contribution in [0.4, 0.5) is 0 Å². The van der Waals surface area contributed by atoms with Crippen molar-refractivity contribution in [3.63, 3.8) is 0 Å². The quantitative estimate of drug-likeness (QED) is 0.800. The molecule has 1 fully saturated rings. The number of phenols is 1. The highest BCUT2D eigenvalue weighted by Gasteiger charge is 2.23. The summed E-state index contributed by atoms with van der Waals surface area (Å²) in [6.07, 6.45) is 1.87. The summed E-state index contributed by atoms with van der Waals surface area (Å²) in [5, 5.41) is 9.52. The van der Waals surface area contributed by atoms with E-state index in [0.29, 0.717) is 12.1 Å². The second kappa shape index (κ2) is 5.15. The number of nitrogens with zero attached hydrogens (tertiary/aromatic N) is 1. The molecule has 0 radical (unpaired) electrons. The molecular formula is C12H13Cl2NO2. The predicted octanol–water partition coefficient (Wildman–Crippen LogP) is 2.89. The number of alkyl halides is 1. The van der Waals surface area contributed by atoms with Gasteiger partial charge in [0.05, 0.1) is 10.4 Å². The largest absolute Gasteiger partial charge is 0.506 e. The summed E-state index contributed by atoms with van der Waals surface area (Å²) in [5.74, 6) is -0.102. The average Bonchev–Trinajstić information content (AvgIpc) is 2.32. The van der Waals surface area contributed by atoms with E-state index in [1.807, 2.05) is 0 Å². The van der Waals surface area contributed by atoms with Gasteiger partial charge in [-0.3, -0.25) is 4.79 Å². The topological polar surface area (TPSA) is 40.5 Å². The van der Waals surface area contributed by atoms with Crippen LogP contribution in [0.2, 0.25) is 5.02 Å². The zero-order chi connectivity index (χ0) is 12.4. The van der Waals surface area contributed by atoms with E-state index in [4.69, 9.17) is 23.2 Å². The average molecular weight is 274 g/mol. The first-order valence-electron chi connectivity index (χ1n) is 5.50. The molecule has 1 N–H and O–H groups in total. The smallest absolute Gasteiger partial charge is 0.253 e. The molecule has 1 aromatic rings. The number of carbonyl (C=O) groups is 1. The number of carbonyl (C=O) groups excluding carboxylic acids is 1. The van der Waals surface area contributed by atoms with E-state index in [-0.39, 0.29) is 22.1 Å². The van der Waals surface area contributed by atoms with E-state index in [2.05, 4.69) is 0 Å². The van der Waals surface area contributed by atoms with Gasteiger partial charge >= 0.3 is 0 Å². The van der Waals surface area contributed by atoms with E-state index < -0.39 is 0 Å². The highest BCUT2D eigenvalue weighted by atomic mass is 35.5. The molecule has 0 spiro atoms. The fourth-order valence-electron chi connectivity index (χ4n) is 1.93. The van der Waals surface area contributed by atoms with Crippen molar-refractivity contribution in [1.82, 2.24) is 4.90 Å². The van der Waals surface area contributed by atoms with Crippen molar-refractivity contribution in [3.8, 4) is 5.75 Å². The number of likely N-dealkylation sites (tertiary alicyclic amines) is 1. The Labute approximate surface area is 110 Å². The Hall–Kier alpha value is -0.930. The van der Waals surface area contributed by atoms with Crippen molar-refractivity contribution in [2.45, 2.75) is 18.2 Å². The van der Waals surface area contributed by atoms with Crippen molar-refractivity contribution >= 4 is 29.1 Å². The highest BCUT2D eigenvalue weighted by molar-refractivity contribution is 6.32. The third kappa shape index (κ3) is 2.85. The lowest BCUT2D eigenvalue weighted by Gasteiger charge is -2.29. The summed E-state index contributed by atoms with van der Waals surface area (Å²) in [5.41, 5.74) is 0.485. The Kier molecular flexibility index (Phi) is 3.79. The van der Waals surface area contributed by atoms with Gasteiger partial charge in [-0.1, -0.05) is 11.6 Å². The van der Waals surface area contributed by atoms with Crippen LogP contribution in [0.25, 0.3) is 0 Å². The van der Waals surface area contributed by atoms with Crippen LogP contribution in [0.1, 0.15) is 23.2 Å². The number of aromatic hydroxyl groups is 1. The van der Waals surface area contributed by atoms with Gasteiger partial charge < -0.3 is 10.0 Å². The van der Waals surface area contributed by atoms with Crippen LogP contribution in [0.5, 0.6) is 5.75 Å². The summed E-state index contributed by atoms with van der Waals surface area (Å²) < 4.78 is 0. The van der Waals surface area contributed by atoms with Gasteiger partial charge in [0.1, 0.15) is 5.75 Å². The summed E-state index contributed by atoms with van der Waals surface area (Å²) in [7, 11) is 0. The Morgan fingerprint density at radius 3 is 2.88 bits per heavy atom. The van der Waals surface area contributed by atoms with Gasteiger partial charge in [-0.15, -0.1) is 11.6 Å². The van der Waals surface area contributed by atoms with E-state index >= 15 is 0 Å². The summed E-state index contributed by atoms with van der Waals surface area (Å²) in [4.78, 5) is 13.9. The minimum atomic E-state index is -0.0859. The molecule has 92 valence electrons. The van der Waals surface area contributed by atoms with Crippen LogP contribution in [0.15, 0.2) is 18.2 Å². The van der Waals surface area contributed by atoms with Gasteiger partial charge in [0.2, 0.25) is 0 Å². The Morgan fingerprint density at radius 2 is 2.24 bits per heavy atom. The van der Waals surface area contributed by atoms with E-state index in [0.717, 1.165) is 19.4 Å². The number of amides is 1. The van der Waals surface area contributed by atoms with Crippen molar-refractivity contribution in [3.05, 3.63) is 28.8 Å². The van der Waals surface area contributed by atoms with Crippen LogP contribution < -0.4 is 0 Å². The van der Waals surface area contributed by atoms with Crippen molar-refractivity contribution in [1.29, 1.82) is 0 Å². The lowest BCUT2D eigenvalue weighted by atomic mass is 10.1. The Balaban J connectivity index is 2.15. The van der Waals surface area contributed by atoms with E-state index in [1.165, 1.54) is 12.1 Å². The summed E-state index contributed by atoms with van der Waals surface area (Å²) in [6, 6.07) is 4.48. The van der Waals surface area contributed by atoms with Crippen LogP contribution >= 0.6 is 23.2 Å². The van der Waals surface area contributed by atoms with E-state index in [9.17, 15) is 9.90 Å². The molecule has 0 bridgehead atoms. The normalized spacial score (nSPS) is 20.4. The zero-order valence-electron chi connectivity index (χ0n) is 9.20. The first-order chi connectivity index (χ1) is 8.08. The van der Waals surface area contributed by atoms with Crippen LogP contribution in [0.3, 0.4) is 0 Å². The predicted molar refractivity (Wildman–Crippen MR) is 67.9 cm³/mol. The standard InChI is InChI=1S/C12H13Cl2NO2/c13-9-2-1-5-15(7-9)12(17)8-3-4-11(16)10(14)6-8/h3-4,6,9,16H,1-2,5,7H2. The molecule has 1 aromatic carbocycles. The second-order valence-electron chi connectivity index (χ2n) is 4.16. The third-order valence-corrected chi connectivity index (χ3v) is 3.50. The lowest BCUT2D eigenvalue weighted by molar-refractivity contribution is 0.0727. The van der Waals surface area contributed by atoms with Crippen LogP contribution in [-0.4, -0.2) is 34.4 Å². The molecule has 1 aliphatic heterocycles. The molecule has 0 aliphatic carbocycles. The van der Waals surface area contributed by atoms with Gasteiger partial charge in [0.15, 0.2) is 0 Å². The lowest BCUT2D eigenvalue weighted by Crippen LogP contribution is -2.40. The molecule has 1 amide bonds. The number of phenolic OH excluding ortho intramolecular Hbond substituents is 1. The maximum atomic E-state index is 12.1. The highest BCUT2D eigenvalue weighted by Crippen LogP contribution is 2.25. The molecule has 5 heteroatoms. The van der Waals surface area contributed by atoms with Gasteiger partial charge in [-0.05, 0) is 31.0 Å². The van der Waals surface area contributed by atoms with Crippen molar-refractivity contribution < 1.29 is 9.90 Å². The van der Waals surface area contributed by atoms with Gasteiger partial charge in [0.25, 0.3) is 5.91 Å². The van der Waals surface area contributed by atoms with Crippen LogP contribution in [0, 0.1) is 0 Å². The number of rotatable bonds is 1. The molecule has 0 saturated carbocycles. The number of hydrogen-bond acceptors (Lipinski definition) is 2. The van der Waals surface area contributed by atoms with Crippen molar-refractivity contribution in [2.24, 2.45) is 0 Å². The SMILES string of the molecule is O=C(c1ccc(O)c(Cl)c1)N1CCCC(Cl)C1. The molecule has 1 unspecified atom stereocenters. The van der Waals surface area contributed by atoms with Gasteiger partial charge in [-0.25, -0.2) is 0 Å². The minimum Gasteiger partial charge on any atom is -0.506 e. The third-order valence-electron chi connectivity index (χ3n) is 2.85. The monoisotopic (exact) mass is 273 g/mol. The first kappa shape index (κ1) is 12.5. The van der Waals surface area contributed by atoms with Gasteiger partial charge in [0, 0.05) is 18.7 Å². The fraction of sp³-hybridized carbons (Fsp3) is 0.417. The van der Waals surface area contributed by atoms with E-state index in [1.54, 1.807) is 11.0 Å². The molecule has 1 heterocycles. The first-order valence-corrected chi connectivity index (χ1v) is 6.31. The summed E-state index contributed by atoms with van der Waals surface area (Å²) in [6.45, 7) is 1.29. The molecule has 1 atom stereocenters. The fourth-order valence-corrected chi connectivity index (χ4v) is 2.43. The summed E-state index contributed by atoms with van der Waals surface area (Å²) >= 11 is 11.8. The molecule has 17 heavy (non-hydrogen) atoms. The molecule has 0 aromatic heterocycles. The Morgan fingerprint density at radius 1 is 1.47 bits per heavy atom. The number of piperidine rings is 1. The maximum absolute atomic E-state index is 12.1. The molecular weight excluding hydrogens is 261 g/mol. The minimum absolute atomic E-state index is 0.0166. The Bertz CT molecular complexity index is 437. The molecule has 2 rings (SSSR count).